The van der Waals surface area contributed by atoms with Gasteiger partial charge in [0.25, 0.3) is 5.92 Å². The first kappa shape index (κ1) is 7.43. The topological polar surface area (TPSA) is 21.3 Å². The van der Waals surface area contributed by atoms with Gasteiger partial charge in [-0.1, -0.05) is 0 Å². The van der Waals surface area contributed by atoms with Crippen LogP contribution in [-0.2, 0) is 4.74 Å². The Bertz CT molecular complexity index is 139. The second kappa shape index (κ2) is 2.38. The number of nitrogens with one attached hydrogen (secondary N) is 1. The molecule has 11 heavy (non-hydrogen) atoms. The summed E-state index contributed by atoms with van der Waals surface area (Å²) < 4.78 is 31.4. The third kappa shape index (κ3) is 1.05. The molecule has 2 fully saturated rings. The van der Waals surface area contributed by atoms with E-state index in [4.69, 9.17) is 4.74 Å². The molecule has 2 aliphatic heterocycles. The Balaban J connectivity index is 2.17. The molecule has 0 amide bonds. The van der Waals surface area contributed by atoms with E-state index in [0.717, 1.165) is 0 Å². The average Bonchev–Trinajstić information content (AvgIpc) is 1.82. The lowest BCUT2D eigenvalue weighted by molar-refractivity contribution is -0.195. The second-order valence-electron chi connectivity index (χ2n) is 3.26. The molecular weight excluding hydrogens is 152 g/mol. The number of halogens is 2. The van der Waals surface area contributed by atoms with Gasteiger partial charge in [0.05, 0.1) is 25.0 Å². The van der Waals surface area contributed by atoms with Crippen LogP contribution in [-0.4, -0.2) is 32.2 Å². The highest BCUT2D eigenvalue weighted by Crippen LogP contribution is 2.38. The smallest absolute Gasteiger partial charge is 0.260 e. The molecular formula is C7H11F2NO. The maximum absolute atomic E-state index is 13.2. The van der Waals surface area contributed by atoms with Gasteiger partial charge in [0.15, 0.2) is 0 Å². The first-order valence-corrected chi connectivity index (χ1v) is 3.87. The third-order valence-electron chi connectivity index (χ3n) is 2.51. The Labute approximate surface area is 63.9 Å². The minimum absolute atomic E-state index is 0.205. The first-order chi connectivity index (χ1) is 5.21. The van der Waals surface area contributed by atoms with E-state index in [-0.39, 0.29) is 13.2 Å². The summed E-state index contributed by atoms with van der Waals surface area (Å²) in [5, 5.41) is 2.98. The van der Waals surface area contributed by atoms with E-state index in [9.17, 15) is 8.78 Å². The van der Waals surface area contributed by atoms with Gasteiger partial charge in [0.1, 0.15) is 0 Å². The Morgan fingerprint density at radius 1 is 1.18 bits per heavy atom. The molecule has 0 unspecified atom stereocenters. The minimum atomic E-state index is -2.50. The zero-order chi connectivity index (χ0) is 7.90. The minimum Gasteiger partial charge on any atom is -0.380 e. The van der Waals surface area contributed by atoms with Crippen molar-refractivity contribution in [2.24, 2.45) is 11.8 Å². The molecule has 4 heteroatoms. The van der Waals surface area contributed by atoms with Gasteiger partial charge in [-0.15, -0.1) is 0 Å². The van der Waals surface area contributed by atoms with Crippen molar-refractivity contribution in [1.29, 1.82) is 0 Å². The van der Waals surface area contributed by atoms with Gasteiger partial charge in [-0.25, -0.2) is 8.78 Å². The van der Waals surface area contributed by atoms with Gasteiger partial charge in [0.2, 0.25) is 0 Å². The van der Waals surface area contributed by atoms with E-state index < -0.39 is 17.8 Å². The van der Waals surface area contributed by atoms with Crippen molar-refractivity contribution in [2.45, 2.75) is 5.92 Å². The molecule has 2 aliphatic rings. The summed E-state index contributed by atoms with van der Waals surface area (Å²) in [5.41, 5.74) is 0. The molecule has 0 saturated carbocycles. The zero-order valence-electron chi connectivity index (χ0n) is 6.15. The lowest BCUT2D eigenvalue weighted by atomic mass is 9.85. The summed E-state index contributed by atoms with van der Waals surface area (Å²) >= 11 is 0. The molecule has 2 saturated heterocycles. The van der Waals surface area contributed by atoms with E-state index in [0.29, 0.717) is 13.1 Å². The summed E-state index contributed by atoms with van der Waals surface area (Å²) in [5.74, 6) is -3.70. The molecule has 0 aliphatic carbocycles. The molecule has 1 N–H and O–H groups in total. The van der Waals surface area contributed by atoms with Crippen LogP contribution in [0.1, 0.15) is 0 Å². The predicted octanol–water partition coefficient (Wildman–Crippen LogP) is 0.487. The van der Waals surface area contributed by atoms with Gasteiger partial charge in [-0.2, -0.15) is 0 Å². The molecule has 2 bridgehead atoms. The molecule has 2 nitrogen and oxygen atoms in total. The van der Waals surface area contributed by atoms with Crippen molar-refractivity contribution in [3.8, 4) is 0 Å². The highest BCUT2D eigenvalue weighted by atomic mass is 19.3. The fraction of sp³-hybridized carbons (Fsp3) is 1.00. The molecule has 2 heterocycles. The quantitative estimate of drug-likeness (QED) is 0.561. The monoisotopic (exact) mass is 163 g/mol. The fourth-order valence-electron chi connectivity index (χ4n) is 1.73. The van der Waals surface area contributed by atoms with Crippen LogP contribution >= 0.6 is 0 Å². The molecule has 0 aromatic carbocycles. The number of fused-ring (bicyclic) bond motifs is 2. The van der Waals surface area contributed by atoms with Crippen molar-refractivity contribution >= 4 is 0 Å². The van der Waals surface area contributed by atoms with E-state index in [1.807, 2.05) is 0 Å². The standard InChI is InChI=1S/C7H11F2NO/c8-7(9)5-1-10-2-6(7)4-11-3-5/h5-6,10H,1-4H2/t5-,6-/m0/s1. The van der Waals surface area contributed by atoms with Crippen molar-refractivity contribution < 1.29 is 13.5 Å². The van der Waals surface area contributed by atoms with Gasteiger partial charge < -0.3 is 10.1 Å². The Morgan fingerprint density at radius 2 is 1.73 bits per heavy atom. The van der Waals surface area contributed by atoms with E-state index >= 15 is 0 Å². The summed E-state index contributed by atoms with van der Waals surface area (Å²) in [6, 6.07) is 0. The normalized spacial score (nSPS) is 42.0. The van der Waals surface area contributed by atoms with Gasteiger partial charge in [0, 0.05) is 13.1 Å². The van der Waals surface area contributed by atoms with Crippen LogP contribution in [0.3, 0.4) is 0 Å². The number of hydrogen-bond donors (Lipinski definition) is 1. The van der Waals surface area contributed by atoms with Gasteiger partial charge >= 0.3 is 0 Å². The Kier molecular flexibility index (Phi) is 1.61. The maximum atomic E-state index is 13.2. The average molecular weight is 163 g/mol. The molecule has 0 aromatic rings. The van der Waals surface area contributed by atoms with Gasteiger partial charge in [-0.3, -0.25) is 0 Å². The van der Waals surface area contributed by atoms with E-state index in [2.05, 4.69) is 5.32 Å². The van der Waals surface area contributed by atoms with Crippen LogP contribution < -0.4 is 5.32 Å². The fourth-order valence-corrected chi connectivity index (χ4v) is 1.73. The second-order valence-corrected chi connectivity index (χ2v) is 3.26. The predicted molar refractivity (Wildman–Crippen MR) is 35.6 cm³/mol. The number of ether oxygens (including phenoxy) is 1. The largest absolute Gasteiger partial charge is 0.380 e. The van der Waals surface area contributed by atoms with Crippen LogP contribution in [0.4, 0.5) is 8.78 Å². The van der Waals surface area contributed by atoms with Crippen LogP contribution in [0, 0.1) is 11.8 Å². The number of rotatable bonds is 0. The Morgan fingerprint density at radius 3 is 2.18 bits per heavy atom. The van der Waals surface area contributed by atoms with Crippen molar-refractivity contribution in [3.63, 3.8) is 0 Å². The molecule has 2 atom stereocenters. The van der Waals surface area contributed by atoms with Crippen molar-refractivity contribution in [2.75, 3.05) is 26.3 Å². The summed E-state index contributed by atoms with van der Waals surface area (Å²) in [6.45, 7) is 1.19. The highest BCUT2D eigenvalue weighted by Gasteiger charge is 2.51. The summed E-state index contributed by atoms with van der Waals surface area (Å²) in [6.07, 6.45) is 0. The van der Waals surface area contributed by atoms with Crippen molar-refractivity contribution in [1.82, 2.24) is 5.32 Å². The zero-order valence-corrected chi connectivity index (χ0v) is 6.15. The lowest BCUT2D eigenvalue weighted by Gasteiger charge is -2.42. The lowest BCUT2D eigenvalue weighted by Crippen LogP contribution is -2.58. The SMILES string of the molecule is FC1(F)[C@H]2CNC[C@H]1COC2. The molecule has 0 spiro atoms. The number of piperidine rings is 1. The third-order valence-corrected chi connectivity index (χ3v) is 2.51. The highest BCUT2D eigenvalue weighted by molar-refractivity contribution is 4.93. The van der Waals surface area contributed by atoms with Crippen LogP contribution in [0.2, 0.25) is 0 Å². The molecule has 0 aromatic heterocycles. The number of hydrogen-bond acceptors (Lipinski definition) is 2. The Hall–Kier alpha value is -0.220. The van der Waals surface area contributed by atoms with Crippen LogP contribution in [0.5, 0.6) is 0 Å². The first-order valence-electron chi connectivity index (χ1n) is 3.87. The molecule has 0 radical (unpaired) electrons. The summed E-state index contributed by atoms with van der Waals surface area (Å²) in [4.78, 5) is 0. The van der Waals surface area contributed by atoms with Crippen LogP contribution in [0.15, 0.2) is 0 Å². The van der Waals surface area contributed by atoms with Crippen molar-refractivity contribution in [3.05, 3.63) is 0 Å². The molecule has 2 rings (SSSR count). The van der Waals surface area contributed by atoms with E-state index in [1.165, 1.54) is 0 Å². The van der Waals surface area contributed by atoms with Crippen LogP contribution in [0.25, 0.3) is 0 Å². The summed E-state index contributed by atoms with van der Waals surface area (Å²) in [7, 11) is 0. The van der Waals surface area contributed by atoms with Gasteiger partial charge in [-0.05, 0) is 0 Å². The molecule has 64 valence electrons. The maximum Gasteiger partial charge on any atom is 0.260 e. The number of alkyl halides is 2. The van der Waals surface area contributed by atoms with E-state index in [1.54, 1.807) is 0 Å².